The van der Waals surface area contributed by atoms with Crippen LogP contribution in [0.2, 0.25) is 0 Å². The van der Waals surface area contributed by atoms with Crippen molar-refractivity contribution in [3.63, 3.8) is 0 Å². The molecule has 1 aliphatic rings. The quantitative estimate of drug-likeness (QED) is 0.907. The van der Waals surface area contributed by atoms with Crippen molar-refractivity contribution in [2.24, 2.45) is 0 Å². The number of fused-ring (bicyclic) bond motifs is 1. The number of hydrogen-bond acceptors (Lipinski definition) is 4. The summed E-state index contributed by atoms with van der Waals surface area (Å²) in [5, 5.41) is 14.2. The molecule has 1 atom stereocenters. The number of carbonyl (C=O) groups excluding carboxylic acids is 1. The zero-order valence-corrected chi connectivity index (χ0v) is 14.6. The van der Waals surface area contributed by atoms with E-state index in [0.29, 0.717) is 24.3 Å². The van der Waals surface area contributed by atoms with Crippen molar-refractivity contribution in [1.82, 2.24) is 14.7 Å². The fourth-order valence-electron chi connectivity index (χ4n) is 2.85. The number of aliphatic hydroxyl groups excluding tert-OH is 1. The second-order valence-corrected chi connectivity index (χ2v) is 7.17. The lowest BCUT2D eigenvalue weighted by atomic mass is 10.1. The van der Waals surface area contributed by atoms with Crippen molar-refractivity contribution in [3.8, 4) is 11.3 Å². The molecule has 7 heteroatoms. The first-order chi connectivity index (χ1) is 11.8. The Morgan fingerprint density at radius 2 is 2.16 bits per heavy atom. The topological polar surface area (TPSA) is 67.6 Å². The van der Waals surface area contributed by atoms with Gasteiger partial charge in [-0.05, 0) is 39.0 Å². The SMILES string of the molecule is CC(C)(C)OC(=O)N1Cc2cc(-c3cccc(F)c3)nn2C(CO)C1. The molecule has 0 spiro atoms. The standard InChI is InChI=1S/C18H22FN3O3/c1-18(2,3)25-17(24)21-9-14-8-16(12-5-4-6-13(19)7-12)20-22(14)15(10-21)11-23/h4-8,15,23H,9-11H2,1-3H3. The number of aromatic nitrogens is 2. The average molecular weight is 347 g/mol. The Labute approximate surface area is 145 Å². The van der Waals surface area contributed by atoms with Gasteiger partial charge in [-0.3, -0.25) is 4.68 Å². The predicted molar refractivity (Wildman–Crippen MR) is 90.4 cm³/mol. The summed E-state index contributed by atoms with van der Waals surface area (Å²) in [7, 11) is 0. The van der Waals surface area contributed by atoms with E-state index in [-0.39, 0.29) is 18.5 Å². The maximum absolute atomic E-state index is 13.5. The Hall–Kier alpha value is -2.41. The number of benzene rings is 1. The van der Waals surface area contributed by atoms with Crippen molar-refractivity contribution < 1.29 is 19.0 Å². The Bertz CT molecular complexity index is 782. The highest BCUT2D eigenvalue weighted by Crippen LogP contribution is 2.27. The number of amides is 1. The molecule has 25 heavy (non-hydrogen) atoms. The summed E-state index contributed by atoms with van der Waals surface area (Å²) in [6.45, 7) is 5.91. The van der Waals surface area contributed by atoms with Gasteiger partial charge in [0.1, 0.15) is 11.4 Å². The molecule has 1 aromatic heterocycles. The summed E-state index contributed by atoms with van der Waals surface area (Å²) in [5.74, 6) is -0.336. The molecule has 2 heterocycles. The van der Waals surface area contributed by atoms with Gasteiger partial charge in [-0.25, -0.2) is 9.18 Å². The molecular weight excluding hydrogens is 325 g/mol. The number of aliphatic hydroxyl groups is 1. The normalized spacial score (nSPS) is 17.3. The third-order valence-corrected chi connectivity index (χ3v) is 3.93. The molecule has 0 radical (unpaired) electrons. The van der Waals surface area contributed by atoms with Crippen LogP contribution in [-0.2, 0) is 11.3 Å². The molecule has 3 rings (SSSR count). The Morgan fingerprint density at radius 3 is 2.80 bits per heavy atom. The zero-order valence-electron chi connectivity index (χ0n) is 14.6. The van der Waals surface area contributed by atoms with Crippen molar-refractivity contribution in [2.45, 2.75) is 39.0 Å². The predicted octanol–water partition coefficient (Wildman–Crippen LogP) is 2.97. The van der Waals surface area contributed by atoms with Crippen LogP contribution in [0.4, 0.5) is 9.18 Å². The summed E-state index contributed by atoms with van der Waals surface area (Å²) >= 11 is 0. The van der Waals surface area contributed by atoms with E-state index in [9.17, 15) is 14.3 Å². The van der Waals surface area contributed by atoms with Crippen molar-refractivity contribution in [1.29, 1.82) is 0 Å². The molecule has 1 N–H and O–H groups in total. The number of hydrogen-bond donors (Lipinski definition) is 1. The maximum Gasteiger partial charge on any atom is 0.410 e. The van der Waals surface area contributed by atoms with Gasteiger partial charge < -0.3 is 14.7 Å². The third kappa shape index (κ3) is 3.82. The largest absolute Gasteiger partial charge is 0.444 e. The molecule has 6 nitrogen and oxygen atoms in total. The molecule has 0 bridgehead atoms. The summed E-state index contributed by atoms with van der Waals surface area (Å²) in [5.41, 5.74) is 1.45. The summed E-state index contributed by atoms with van der Waals surface area (Å²) in [4.78, 5) is 13.9. The number of ether oxygens (including phenoxy) is 1. The van der Waals surface area contributed by atoms with Gasteiger partial charge in [-0.1, -0.05) is 12.1 Å². The lowest BCUT2D eigenvalue weighted by Crippen LogP contribution is -2.44. The fourth-order valence-corrected chi connectivity index (χ4v) is 2.85. The molecule has 0 saturated heterocycles. The second-order valence-electron chi connectivity index (χ2n) is 7.17. The van der Waals surface area contributed by atoms with E-state index in [1.807, 2.05) is 26.8 Å². The van der Waals surface area contributed by atoms with Crippen molar-refractivity contribution >= 4 is 6.09 Å². The van der Waals surface area contributed by atoms with Crippen LogP contribution in [0.5, 0.6) is 0 Å². The van der Waals surface area contributed by atoms with Gasteiger partial charge in [0.05, 0.1) is 30.6 Å². The van der Waals surface area contributed by atoms with Gasteiger partial charge in [-0.2, -0.15) is 5.10 Å². The first kappa shape index (κ1) is 17.4. The minimum atomic E-state index is -0.587. The van der Waals surface area contributed by atoms with Crippen LogP contribution in [0, 0.1) is 5.82 Å². The van der Waals surface area contributed by atoms with Crippen LogP contribution < -0.4 is 0 Å². The molecule has 1 aromatic carbocycles. The highest BCUT2D eigenvalue weighted by Gasteiger charge is 2.31. The molecule has 1 amide bonds. The fraction of sp³-hybridized carbons (Fsp3) is 0.444. The van der Waals surface area contributed by atoms with Crippen LogP contribution in [0.25, 0.3) is 11.3 Å². The van der Waals surface area contributed by atoms with E-state index in [1.54, 1.807) is 21.7 Å². The lowest BCUT2D eigenvalue weighted by molar-refractivity contribution is 0.0129. The van der Waals surface area contributed by atoms with Crippen LogP contribution >= 0.6 is 0 Å². The van der Waals surface area contributed by atoms with Crippen LogP contribution in [0.3, 0.4) is 0 Å². The first-order valence-electron chi connectivity index (χ1n) is 8.20. The second kappa shape index (κ2) is 6.48. The average Bonchev–Trinajstić information content (AvgIpc) is 2.96. The molecule has 1 aliphatic heterocycles. The van der Waals surface area contributed by atoms with Gasteiger partial charge in [0, 0.05) is 12.1 Å². The van der Waals surface area contributed by atoms with Gasteiger partial charge >= 0.3 is 6.09 Å². The molecule has 134 valence electrons. The van der Waals surface area contributed by atoms with Gasteiger partial charge in [0.2, 0.25) is 0 Å². The Kier molecular flexibility index (Phi) is 4.51. The highest BCUT2D eigenvalue weighted by atomic mass is 19.1. The Balaban J connectivity index is 1.88. The van der Waals surface area contributed by atoms with E-state index in [0.717, 1.165) is 5.69 Å². The number of halogens is 1. The summed E-state index contributed by atoms with van der Waals surface area (Å²) < 4.78 is 20.6. The van der Waals surface area contributed by atoms with Crippen LogP contribution in [0.1, 0.15) is 32.5 Å². The van der Waals surface area contributed by atoms with Gasteiger partial charge in [-0.15, -0.1) is 0 Å². The van der Waals surface area contributed by atoms with Crippen LogP contribution in [0.15, 0.2) is 30.3 Å². The molecule has 2 aromatic rings. The molecule has 1 unspecified atom stereocenters. The maximum atomic E-state index is 13.5. The monoisotopic (exact) mass is 347 g/mol. The van der Waals surface area contributed by atoms with Gasteiger partial charge in [0.15, 0.2) is 0 Å². The van der Waals surface area contributed by atoms with Crippen molar-refractivity contribution in [3.05, 3.63) is 41.8 Å². The van der Waals surface area contributed by atoms with E-state index >= 15 is 0 Å². The lowest BCUT2D eigenvalue weighted by Gasteiger charge is -2.34. The smallest absolute Gasteiger partial charge is 0.410 e. The number of carbonyl (C=O) groups is 1. The molecular formula is C18H22FN3O3. The van der Waals surface area contributed by atoms with Crippen molar-refractivity contribution in [2.75, 3.05) is 13.2 Å². The van der Waals surface area contributed by atoms with E-state index in [2.05, 4.69) is 5.10 Å². The van der Waals surface area contributed by atoms with E-state index in [1.165, 1.54) is 12.1 Å². The summed E-state index contributed by atoms with van der Waals surface area (Å²) in [6, 6.07) is 7.64. The third-order valence-electron chi connectivity index (χ3n) is 3.93. The molecule has 0 aliphatic carbocycles. The highest BCUT2D eigenvalue weighted by molar-refractivity contribution is 5.68. The number of rotatable bonds is 2. The van der Waals surface area contributed by atoms with Crippen LogP contribution in [-0.4, -0.2) is 44.6 Å². The first-order valence-corrected chi connectivity index (χ1v) is 8.20. The molecule has 0 saturated carbocycles. The Morgan fingerprint density at radius 1 is 1.40 bits per heavy atom. The molecule has 0 fully saturated rings. The number of nitrogens with zero attached hydrogens (tertiary/aromatic N) is 3. The van der Waals surface area contributed by atoms with Gasteiger partial charge in [0.25, 0.3) is 0 Å². The summed E-state index contributed by atoms with van der Waals surface area (Å²) in [6.07, 6.45) is -0.425. The minimum absolute atomic E-state index is 0.156. The zero-order chi connectivity index (χ0) is 18.2. The van der Waals surface area contributed by atoms with E-state index in [4.69, 9.17) is 4.74 Å². The minimum Gasteiger partial charge on any atom is -0.444 e. The van der Waals surface area contributed by atoms with E-state index < -0.39 is 11.7 Å².